The average molecular weight is 282 g/mol. The van der Waals surface area contributed by atoms with E-state index in [1.54, 1.807) is 7.11 Å². The summed E-state index contributed by atoms with van der Waals surface area (Å²) in [5.41, 5.74) is 2.50. The third-order valence-electron chi connectivity index (χ3n) is 4.32. The molecule has 1 fully saturated rings. The number of hydrogen-bond acceptors (Lipinski definition) is 3. The van der Waals surface area contributed by atoms with Crippen molar-refractivity contribution in [2.45, 2.75) is 37.8 Å². The van der Waals surface area contributed by atoms with Crippen molar-refractivity contribution in [3.05, 3.63) is 59.9 Å². The summed E-state index contributed by atoms with van der Waals surface area (Å²) in [6.07, 6.45) is 4.22. The normalized spacial score (nSPS) is 22.4. The smallest absolute Gasteiger partial charge is 0.119 e. The number of methoxy groups -OCH3 is 1. The van der Waals surface area contributed by atoms with Gasteiger partial charge in [0.1, 0.15) is 5.75 Å². The summed E-state index contributed by atoms with van der Waals surface area (Å²) < 4.78 is 5.30. The highest BCUT2D eigenvalue weighted by molar-refractivity contribution is 5.32. The van der Waals surface area contributed by atoms with Crippen LogP contribution in [-0.2, 0) is 0 Å². The summed E-state index contributed by atoms with van der Waals surface area (Å²) in [7, 11) is 1.72. The minimum Gasteiger partial charge on any atom is -0.497 e. The number of nitrogens with zero attached hydrogens (tertiary/aromatic N) is 1. The Morgan fingerprint density at radius 3 is 2.76 bits per heavy atom. The van der Waals surface area contributed by atoms with Gasteiger partial charge in [0.25, 0.3) is 0 Å². The molecule has 1 atom stereocenters. The third kappa shape index (κ3) is 3.24. The lowest BCUT2D eigenvalue weighted by atomic mass is 9.75. The van der Waals surface area contributed by atoms with Gasteiger partial charge in [-0.05, 0) is 55.5 Å². The molecule has 1 aliphatic carbocycles. The highest BCUT2D eigenvalue weighted by Crippen LogP contribution is 2.38. The summed E-state index contributed by atoms with van der Waals surface area (Å²) in [5.74, 6) is 1.60. The van der Waals surface area contributed by atoms with E-state index in [1.807, 2.05) is 24.4 Å². The van der Waals surface area contributed by atoms with Gasteiger partial charge in [-0.1, -0.05) is 18.2 Å². The lowest BCUT2D eigenvalue weighted by molar-refractivity contribution is 0.269. The first-order valence-electron chi connectivity index (χ1n) is 7.57. The molecule has 0 aliphatic heterocycles. The van der Waals surface area contributed by atoms with Crippen molar-refractivity contribution in [1.29, 1.82) is 0 Å². The fraction of sp³-hybridized carbons (Fsp3) is 0.389. The van der Waals surface area contributed by atoms with E-state index in [1.165, 1.54) is 18.4 Å². The van der Waals surface area contributed by atoms with Crippen molar-refractivity contribution < 1.29 is 4.74 Å². The monoisotopic (exact) mass is 282 g/mol. The molecule has 0 spiro atoms. The summed E-state index contributed by atoms with van der Waals surface area (Å²) in [6, 6.07) is 15.4. The molecule has 1 aromatic heterocycles. The second-order valence-electron chi connectivity index (χ2n) is 5.78. The SMILES string of the molecule is COc1cccc(C2CC(N[C@H](C)c3ccccn3)C2)c1. The van der Waals surface area contributed by atoms with E-state index in [-0.39, 0.29) is 0 Å². The van der Waals surface area contributed by atoms with Gasteiger partial charge >= 0.3 is 0 Å². The lowest BCUT2D eigenvalue weighted by Crippen LogP contribution is -2.41. The van der Waals surface area contributed by atoms with Crippen LogP contribution in [0.2, 0.25) is 0 Å². The molecule has 1 aliphatic rings. The summed E-state index contributed by atoms with van der Waals surface area (Å²) in [6.45, 7) is 2.18. The maximum absolute atomic E-state index is 5.30. The molecule has 0 unspecified atom stereocenters. The molecule has 3 nitrogen and oxygen atoms in total. The van der Waals surface area contributed by atoms with E-state index in [4.69, 9.17) is 4.74 Å². The zero-order valence-electron chi connectivity index (χ0n) is 12.6. The average Bonchev–Trinajstić information content (AvgIpc) is 2.51. The molecule has 1 heterocycles. The van der Waals surface area contributed by atoms with Crippen LogP contribution in [0.4, 0.5) is 0 Å². The van der Waals surface area contributed by atoms with Gasteiger partial charge in [0, 0.05) is 18.3 Å². The number of hydrogen-bond donors (Lipinski definition) is 1. The zero-order chi connectivity index (χ0) is 14.7. The molecule has 0 amide bonds. The molecule has 1 aromatic carbocycles. The van der Waals surface area contributed by atoms with Crippen molar-refractivity contribution in [1.82, 2.24) is 10.3 Å². The lowest BCUT2D eigenvalue weighted by Gasteiger charge is -2.38. The Kier molecular flexibility index (Phi) is 4.20. The van der Waals surface area contributed by atoms with Gasteiger partial charge < -0.3 is 10.1 Å². The molecule has 21 heavy (non-hydrogen) atoms. The molecule has 110 valence electrons. The fourth-order valence-electron chi connectivity index (χ4n) is 2.99. The van der Waals surface area contributed by atoms with E-state index in [0.717, 1.165) is 11.4 Å². The van der Waals surface area contributed by atoms with Crippen LogP contribution < -0.4 is 10.1 Å². The van der Waals surface area contributed by atoms with E-state index < -0.39 is 0 Å². The molecule has 0 radical (unpaired) electrons. The van der Waals surface area contributed by atoms with Crippen LogP contribution in [0.5, 0.6) is 5.75 Å². The topological polar surface area (TPSA) is 34.1 Å². The predicted molar refractivity (Wildman–Crippen MR) is 84.5 cm³/mol. The molecule has 0 saturated heterocycles. The molecule has 3 rings (SSSR count). The van der Waals surface area contributed by atoms with Gasteiger partial charge in [0.05, 0.1) is 12.8 Å². The Bertz CT molecular complexity index is 579. The molecule has 1 saturated carbocycles. The minimum atomic E-state index is 0.308. The molecule has 3 heteroatoms. The highest BCUT2D eigenvalue weighted by atomic mass is 16.5. The van der Waals surface area contributed by atoms with Crippen LogP contribution in [0.3, 0.4) is 0 Å². The number of benzene rings is 1. The molecule has 1 N–H and O–H groups in total. The van der Waals surface area contributed by atoms with Crippen LogP contribution in [-0.4, -0.2) is 18.1 Å². The van der Waals surface area contributed by atoms with Crippen molar-refractivity contribution in [2.24, 2.45) is 0 Å². The second kappa shape index (κ2) is 6.27. The van der Waals surface area contributed by atoms with E-state index in [9.17, 15) is 0 Å². The first-order valence-corrected chi connectivity index (χ1v) is 7.57. The quantitative estimate of drug-likeness (QED) is 0.908. The van der Waals surface area contributed by atoms with Crippen molar-refractivity contribution in [2.75, 3.05) is 7.11 Å². The summed E-state index contributed by atoms with van der Waals surface area (Å²) in [5, 5.41) is 3.67. The Labute approximate surface area is 126 Å². The van der Waals surface area contributed by atoms with Gasteiger partial charge in [-0.2, -0.15) is 0 Å². The molecule has 0 bridgehead atoms. The number of ether oxygens (including phenoxy) is 1. The van der Waals surface area contributed by atoms with Gasteiger partial charge in [-0.25, -0.2) is 0 Å². The van der Waals surface area contributed by atoms with Crippen molar-refractivity contribution in [3.8, 4) is 5.75 Å². The van der Waals surface area contributed by atoms with Crippen LogP contribution in [0.15, 0.2) is 48.7 Å². The minimum absolute atomic E-state index is 0.308. The summed E-state index contributed by atoms with van der Waals surface area (Å²) in [4.78, 5) is 4.41. The van der Waals surface area contributed by atoms with E-state index in [2.05, 4.69) is 41.5 Å². The first-order chi connectivity index (χ1) is 10.3. The fourth-order valence-corrected chi connectivity index (χ4v) is 2.99. The molecular weight excluding hydrogens is 260 g/mol. The second-order valence-corrected chi connectivity index (χ2v) is 5.78. The van der Waals surface area contributed by atoms with Crippen LogP contribution in [0, 0.1) is 0 Å². The van der Waals surface area contributed by atoms with E-state index in [0.29, 0.717) is 18.0 Å². The van der Waals surface area contributed by atoms with Gasteiger partial charge in [0.2, 0.25) is 0 Å². The van der Waals surface area contributed by atoms with Crippen molar-refractivity contribution >= 4 is 0 Å². The van der Waals surface area contributed by atoms with Gasteiger partial charge in [0.15, 0.2) is 0 Å². The molecule has 2 aromatic rings. The Hall–Kier alpha value is -1.87. The molecular formula is C18H22N2O. The highest BCUT2D eigenvalue weighted by Gasteiger charge is 2.31. The van der Waals surface area contributed by atoms with Gasteiger partial charge in [-0.15, -0.1) is 0 Å². The maximum Gasteiger partial charge on any atom is 0.119 e. The number of aromatic nitrogens is 1. The zero-order valence-corrected chi connectivity index (χ0v) is 12.6. The Morgan fingerprint density at radius 1 is 1.19 bits per heavy atom. The summed E-state index contributed by atoms with van der Waals surface area (Å²) >= 11 is 0. The largest absolute Gasteiger partial charge is 0.497 e. The van der Waals surface area contributed by atoms with Crippen LogP contribution >= 0.6 is 0 Å². The Morgan fingerprint density at radius 2 is 2.05 bits per heavy atom. The number of pyridine rings is 1. The first kappa shape index (κ1) is 14.1. The number of nitrogens with one attached hydrogen (secondary N) is 1. The predicted octanol–water partition coefficient (Wildman–Crippen LogP) is 3.69. The van der Waals surface area contributed by atoms with Crippen LogP contribution in [0.1, 0.15) is 43.0 Å². The van der Waals surface area contributed by atoms with E-state index >= 15 is 0 Å². The van der Waals surface area contributed by atoms with Crippen LogP contribution in [0.25, 0.3) is 0 Å². The third-order valence-corrected chi connectivity index (χ3v) is 4.32. The standard InChI is InChI=1S/C18H22N2O/c1-13(18-8-3-4-9-19-18)20-16-10-15(11-16)14-6-5-7-17(12-14)21-2/h3-9,12-13,15-16,20H,10-11H2,1-2H3/t13-,15?,16?/m1/s1. The Balaban J connectivity index is 1.54. The van der Waals surface area contributed by atoms with Gasteiger partial charge in [-0.3, -0.25) is 4.98 Å². The van der Waals surface area contributed by atoms with Crippen molar-refractivity contribution in [3.63, 3.8) is 0 Å². The maximum atomic E-state index is 5.30. The number of rotatable bonds is 5.